The van der Waals surface area contributed by atoms with Gasteiger partial charge in [-0.25, -0.2) is 0 Å². The van der Waals surface area contributed by atoms with Crippen molar-refractivity contribution in [1.82, 2.24) is 15.2 Å². The summed E-state index contributed by atoms with van der Waals surface area (Å²) in [6.07, 6.45) is 6.20. The van der Waals surface area contributed by atoms with Crippen molar-refractivity contribution in [2.24, 2.45) is 5.92 Å². The van der Waals surface area contributed by atoms with Gasteiger partial charge < -0.3 is 5.32 Å². The molecule has 1 aliphatic rings. The third kappa shape index (κ3) is 4.05. The van der Waals surface area contributed by atoms with E-state index in [0.29, 0.717) is 12.0 Å². The fraction of sp³-hybridized carbons (Fsp3) is 0.706. The molecule has 0 bridgehead atoms. The summed E-state index contributed by atoms with van der Waals surface area (Å²) in [7, 11) is 0. The summed E-state index contributed by atoms with van der Waals surface area (Å²) in [5.74, 6) is 0.657. The van der Waals surface area contributed by atoms with E-state index in [1.54, 1.807) is 0 Å². The molecule has 4 heteroatoms. The van der Waals surface area contributed by atoms with Gasteiger partial charge in [0.1, 0.15) is 0 Å². The van der Waals surface area contributed by atoms with Crippen molar-refractivity contribution in [2.75, 3.05) is 13.1 Å². The van der Waals surface area contributed by atoms with E-state index in [0.717, 1.165) is 24.1 Å². The topological polar surface area (TPSA) is 28.2 Å². The average Bonchev–Trinajstić information content (AvgIpc) is 2.47. The number of piperazine rings is 1. The summed E-state index contributed by atoms with van der Waals surface area (Å²) < 4.78 is 1.06. The van der Waals surface area contributed by atoms with Gasteiger partial charge in [-0.3, -0.25) is 9.88 Å². The van der Waals surface area contributed by atoms with Crippen LogP contribution in [0.2, 0.25) is 0 Å². The Labute approximate surface area is 137 Å². The number of hydrogen-bond acceptors (Lipinski definition) is 3. The molecule has 21 heavy (non-hydrogen) atoms. The van der Waals surface area contributed by atoms with Crippen LogP contribution in [-0.2, 0) is 6.54 Å². The second kappa shape index (κ2) is 7.21. The van der Waals surface area contributed by atoms with Crippen LogP contribution in [0.4, 0.5) is 0 Å². The molecule has 118 valence electrons. The van der Waals surface area contributed by atoms with Crippen LogP contribution in [-0.4, -0.2) is 34.6 Å². The van der Waals surface area contributed by atoms with Crippen molar-refractivity contribution in [2.45, 2.75) is 58.7 Å². The molecule has 1 saturated heterocycles. The number of nitrogens with zero attached hydrogens (tertiary/aromatic N) is 2. The predicted octanol–water partition coefficient (Wildman–Crippen LogP) is 3.83. The van der Waals surface area contributed by atoms with Crippen molar-refractivity contribution >= 4 is 15.9 Å². The first-order valence-corrected chi connectivity index (χ1v) is 8.87. The Morgan fingerprint density at radius 2 is 2.10 bits per heavy atom. The average molecular weight is 354 g/mol. The van der Waals surface area contributed by atoms with Gasteiger partial charge in [-0.1, -0.05) is 27.7 Å². The molecule has 0 amide bonds. The van der Waals surface area contributed by atoms with Crippen molar-refractivity contribution < 1.29 is 0 Å². The summed E-state index contributed by atoms with van der Waals surface area (Å²) in [6, 6.07) is 2.78. The van der Waals surface area contributed by atoms with Gasteiger partial charge >= 0.3 is 0 Å². The molecule has 1 N–H and O–H groups in total. The van der Waals surface area contributed by atoms with Crippen LogP contribution in [0.15, 0.2) is 22.9 Å². The van der Waals surface area contributed by atoms with E-state index >= 15 is 0 Å². The van der Waals surface area contributed by atoms with Gasteiger partial charge in [0.25, 0.3) is 0 Å². The first-order chi connectivity index (χ1) is 9.99. The van der Waals surface area contributed by atoms with Gasteiger partial charge in [-0.2, -0.15) is 0 Å². The maximum absolute atomic E-state index is 4.31. The lowest BCUT2D eigenvalue weighted by atomic mass is 9.86. The summed E-state index contributed by atoms with van der Waals surface area (Å²) in [5, 5.41) is 3.82. The Hall–Kier alpha value is -0.450. The molecule has 1 aromatic heterocycles. The fourth-order valence-electron chi connectivity index (χ4n) is 3.34. The van der Waals surface area contributed by atoms with Crippen LogP contribution in [0.5, 0.6) is 0 Å². The monoisotopic (exact) mass is 353 g/mol. The molecule has 0 aromatic carbocycles. The summed E-state index contributed by atoms with van der Waals surface area (Å²) >= 11 is 3.53. The molecule has 3 nitrogen and oxygen atoms in total. The molecular weight excluding hydrogens is 326 g/mol. The van der Waals surface area contributed by atoms with Crippen molar-refractivity contribution in [3.05, 3.63) is 28.5 Å². The standard InChI is InChI=1S/C17H28BrN3/c1-5-17(6-2)12-21(16(10-20-17)13(3)4)11-14-7-15(18)9-19-8-14/h7-9,13,16,20H,5-6,10-12H2,1-4H3. The van der Waals surface area contributed by atoms with Crippen molar-refractivity contribution in [3.63, 3.8) is 0 Å². The zero-order valence-corrected chi connectivity index (χ0v) is 15.3. The minimum absolute atomic E-state index is 0.269. The molecule has 1 atom stereocenters. The highest BCUT2D eigenvalue weighted by atomic mass is 79.9. The number of rotatable bonds is 5. The third-order valence-electron chi connectivity index (χ3n) is 4.93. The Kier molecular flexibility index (Phi) is 5.81. The lowest BCUT2D eigenvalue weighted by Crippen LogP contribution is -2.64. The smallest absolute Gasteiger partial charge is 0.0410 e. The first kappa shape index (κ1) is 16.9. The van der Waals surface area contributed by atoms with Gasteiger partial charge in [0.15, 0.2) is 0 Å². The van der Waals surface area contributed by atoms with E-state index in [4.69, 9.17) is 0 Å². The molecule has 1 unspecified atom stereocenters. The van der Waals surface area contributed by atoms with Gasteiger partial charge in [-0.15, -0.1) is 0 Å². The lowest BCUT2D eigenvalue weighted by Gasteiger charge is -2.49. The zero-order chi connectivity index (χ0) is 15.5. The Morgan fingerprint density at radius 3 is 2.67 bits per heavy atom. The number of nitrogens with one attached hydrogen (secondary N) is 1. The molecule has 1 aromatic rings. The van der Waals surface area contributed by atoms with Crippen LogP contribution in [0.3, 0.4) is 0 Å². The molecule has 0 aliphatic carbocycles. The summed E-state index contributed by atoms with van der Waals surface area (Å²) in [5.41, 5.74) is 1.56. The summed E-state index contributed by atoms with van der Waals surface area (Å²) in [4.78, 5) is 6.96. The molecular formula is C17H28BrN3. The van der Waals surface area contributed by atoms with Crippen LogP contribution in [0, 0.1) is 5.92 Å². The molecule has 0 spiro atoms. The Bertz CT molecular complexity index is 457. The van der Waals surface area contributed by atoms with Crippen LogP contribution < -0.4 is 5.32 Å². The number of pyridine rings is 1. The van der Waals surface area contributed by atoms with E-state index in [1.165, 1.54) is 18.4 Å². The van der Waals surface area contributed by atoms with Crippen LogP contribution in [0.1, 0.15) is 46.1 Å². The summed E-state index contributed by atoms with van der Waals surface area (Å²) in [6.45, 7) is 12.4. The molecule has 2 rings (SSSR count). The number of halogens is 1. The van der Waals surface area contributed by atoms with Crippen LogP contribution >= 0.6 is 15.9 Å². The van der Waals surface area contributed by atoms with E-state index < -0.39 is 0 Å². The third-order valence-corrected chi connectivity index (χ3v) is 5.36. The molecule has 1 aliphatic heterocycles. The maximum atomic E-state index is 4.31. The zero-order valence-electron chi connectivity index (χ0n) is 13.7. The molecule has 2 heterocycles. The Balaban J connectivity index is 2.18. The van der Waals surface area contributed by atoms with E-state index in [2.05, 4.69) is 64.9 Å². The minimum Gasteiger partial charge on any atom is -0.308 e. The first-order valence-electron chi connectivity index (χ1n) is 8.08. The van der Waals surface area contributed by atoms with Gasteiger partial charge in [-0.05, 0) is 46.3 Å². The fourth-order valence-corrected chi connectivity index (χ4v) is 3.76. The van der Waals surface area contributed by atoms with Gasteiger partial charge in [0, 0.05) is 48.1 Å². The molecule has 0 radical (unpaired) electrons. The van der Waals surface area contributed by atoms with Gasteiger partial charge in [0.05, 0.1) is 0 Å². The van der Waals surface area contributed by atoms with E-state index in [-0.39, 0.29) is 5.54 Å². The highest BCUT2D eigenvalue weighted by Crippen LogP contribution is 2.27. The Morgan fingerprint density at radius 1 is 1.38 bits per heavy atom. The second-order valence-electron chi connectivity index (χ2n) is 6.60. The molecule has 1 fully saturated rings. The highest BCUT2D eigenvalue weighted by Gasteiger charge is 2.37. The van der Waals surface area contributed by atoms with E-state index in [9.17, 15) is 0 Å². The van der Waals surface area contributed by atoms with Crippen molar-refractivity contribution in [1.29, 1.82) is 0 Å². The maximum Gasteiger partial charge on any atom is 0.0410 e. The SMILES string of the molecule is CCC1(CC)CN(Cc2cncc(Br)c2)C(C(C)C)CN1. The largest absolute Gasteiger partial charge is 0.308 e. The predicted molar refractivity (Wildman–Crippen MR) is 92.3 cm³/mol. The number of hydrogen-bond donors (Lipinski definition) is 1. The normalized spacial score (nSPS) is 22.7. The quantitative estimate of drug-likeness (QED) is 0.871. The van der Waals surface area contributed by atoms with Crippen molar-refractivity contribution in [3.8, 4) is 0 Å². The van der Waals surface area contributed by atoms with E-state index in [1.807, 2.05) is 12.4 Å². The van der Waals surface area contributed by atoms with Crippen LogP contribution in [0.25, 0.3) is 0 Å². The highest BCUT2D eigenvalue weighted by molar-refractivity contribution is 9.10. The van der Waals surface area contributed by atoms with Gasteiger partial charge in [0.2, 0.25) is 0 Å². The lowest BCUT2D eigenvalue weighted by molar-refractivity contribution is 0.0442. The number of aromatic nitrogens is 1. The second-order valence-corrected chi connectivity index (χ2v) is 7.51. The minimum atomic E-state index is 0.269. The molecule has 0 saturated carbocycles.